The number of hydrazone groups is 1. The molecule has 0 bridgehead atoms. The Morgan fingerprint density at radius 2 is 1.80 bits per heavy atom. The van der Waals surface area contributed by atoms with Gasteiger partial charge in [0.05, 0.1) is 6.04 Å². The fourth-order valence-electron chi connectivity index (χ4n) is 4.13. The number of carbonyl (C=O) groups is 2. The number of piperidine rings is 1. The van der Waals surface area contributed by atoms with Gasteiger partial charge in [0.15, 0.2) is 0 Å². The van der Waals surface area contributed by atoms with Crippen molar-refractivity contribution in [2.45, 2.75) is 71.1 Å². The van der Waals surface area contributed by atoms with E-state index >= 15 is 0 Å². The van der Waals surface area contributed by atoms with Crippen molar-refractivity contribution in [2.24, 2.45) is 11.0 Å². The van der Waals surface area contributed by atoms with Crippen LogP contribution in [0, 0.1) is 17.6 Å². The first-order valence-electron chi connectivity index (χ1n) is 10.2. The Morgan fingerprint density at radius 3 is 2.37 bits per heavy atom. The Kier molecular flexibility index (Phi) is 5.89. The highest BCUT2D eigenvalue weighted by Crippen LogP contribution is 2.37. The molecule has 0 aliphatic carbocycles. The average Bonchev–Trinajstić information content (AvgIpc) is 3.07. The molecule has 0 N–H and O–H groups in total. The summed E-state index contributed by atoms with van der Waals surface area (Å²) in [6.45, 7) is 9.64. The van der Waals surface area contributed by atoms with Gasteiger partial charge in [0, 0.05) is 36.7 Å². The fraction of sp³-hybridized carbons (Fsp3) is 0.591. The quantitative estimate of drug-likeness (QED) is 0.698. The summed E-state index contributed by atoms with van der Waals surface area (Å²) in [5.74, 6) is -1.92. The van der Waals surface area contributed by atoms with E-state index < -0.39 is 34.9 Å². The normalized spacial score (nSPS) is 23.6. The number of hydrogen-bond donors (Lipinski definition) is 0. The molecular formula is C22H29F2N3O3. The van der Waals surface area contributed by atoms with Crippen LogP contribution in [0.5, 0.6) is 0 Å². The number of hydrogen-bond acceptors (Lipinski definition) is 4. The van der Waals surface area contributed by atoms with Gasteiger partial charge < -0.3 is 9.64 Å². The van der Waals surface area contributed by atoms with Gasteiger partial charge >= 0.3 is 6.09 Å². The molecule has 30 heavy (non-hydrogen) atoms. The first kappa shape index (κ1) is 22.2. The molecule has 2 aliphatic rings. The van der Waals surface area contributed by atoms with Crippen molar-refractivity contribution >= 4 is 18.2 Å². The molecule has 1 saturated heterocycles. The Hall–Kier alpha value is -2.51. The van der Waals surface area contributed by atoms with Crippen molar-refractivity contribution in [2.75, 3.05) is 6.54 Å². The number of amides is 2. The molecule has 0 spiro atoms. The van der Waals surface area contributed by atoms with Crippen molar-refractivity contribution in [3.8, 4) is 0 Å². The molecule has 0 radical (unpaired) electrons. The number of benzene rings is 1. The lowest BCUT2D eigenvalue weighted by molar-refractivity contribution is -0.141. The molecule has 2 amide bonds. The van der Waals surface area contributed by atoms with Crippen LogP contribution >= 0.6 is 0 Å². The van der Waals surface area contributed by atoms with Crippen molar-refractivity contribution < 1.29 is 23.1 Å². The minimum absolute atomic E-state index is 0.199. The zero-order valence-corrected chi connectivity index (χ0v) is 18.1. The summed E-state index contributed by atoms with van der Waals surface area (Å²) in [7, 11) is 0. The number of carbonyl (C=O) groups excluding carboxylic acids is 2. The monoisotopic (exact) mass is 421 g/mol. The van der Waals surface area contributed by atoms with Gasteiger partial charge in [-0.05, 0) is 65.2 Å². The van der Waals surface area contributed by atoms with E-state index in [1.807, 2.05) is 34.6 Å². The predicted octanol–water partition coefficient (Wildman–Crippen LogP) is 4.65. The van der Waals surface area contributed by atoms with Crippen LogP contribution in [0.15, 0.2) is 23.3 Å². The van der Waals surface area contributed by atoms with Crippen LogP contribution in [-0.2, 0) is 9.53 Å². The lowest BCUT2D eigenvalue weighted by atomic mass is 9.82. The van der Waals surface area contributed by atoms with E-state index in [9.17, 15) is 18.4 Å². The zero-order valence-electron chi connectivity index (χ0n) is 18.1. The molecule has 3 rings (SSSR count). The molecule has 1 fully saturated rings. The number of rotatable bonds is 2. The first-order chi connectivity index (χ1) is 13.9. The van der Waals surface area contributed by atoms with Crippen LogP contribution < -0.4 is 0 Å². The SMILES string of the molecule is CC(C)(C)OC(=O)N1CC[C@H](C(=O)N2N=CC[C@H]2c2cc(F)cc(F)c2)CC1(C)C. The highest BCUT2D eigenvalue weighted by atomic mass is 19.1. The van der Waals surface area contributed by atoms with E-state index in [1.54, 1.807) is 11.1 Å². The van der Waals surface area contributed by atoms with Gasteiger partial charge in [-0.15, -0.1) is 0 Å². The summed E-state index contributed by atoms with van der Waals surface area (Å²) in [4.78, 5) is 27.5. The molecule has 164 valence electrons. The van der Waals surface area contributed by atoms with Gasteiger partial charge in [0.25, 0.3) is 0 Å². The van der Waals surface area contributed by atoms with Gasteiger partial charge in [0.2, 0.25) is 5.91 Å². The van der Waals surface area contributed by atoms with Crippen LogP contribution in [0.3, 0.4) is 0 Å². The minimum atomic E-state index is -0.684. The topological polar surface area (TPSA) is 62.2 Å². The second kappa shape index (κ2) is 7.96. The summed E-state index contributed by atoms with van der Waals surface area (Å²) < 4.78 is 32.8. The molecule has 1 aromatic carbocycles. The maximum atomic E-state index is 13.7. The molecule has 0 unspecified atom stereocenters. The Balaban J connectivity index is 1.73. The van der Waals surface area contributed by atoms with Crippen molar-refractivity contribution in [3.63, 3.8) is 0 Å². The van der Waals surface area contributed by atoms with Crippen LogP contribution in [0.25, 0.3) is 0 Å². The van der Waals surface area contributed by atoms with E-state index in [0.29, 0.717) is 31.4 Å². The molecule has 8 heteroatoms. The van der Waals surface area contributed by atoms with Gasteiger partial charge in [0.1, 0.15) is 17.2 Å². The maximum Gasteiger partial charge on any atom is 0.410 e. The van der Waals surface area contributed by atoms with Gasteiger partial charge in [-0.25, -0.2) is 18.6 Å². The van der Waals surface area contributed by atoms with Crippen molar-refractivity contribution in [3.05, 3.63) is 35.4 Å². The molecule has 2 aliphatic heterocycles. The van der Waals surface area contributed by atoms with E-state index in [2.05, 4.69) is 5.10 Å². The summed E-state index contributed by atoms with van der Waals surface area (Å²) in [6, 6.07) is 2.74. The van der Waals surface area contributed by atoms with Crippen LogP contribution in [0.4, 0.5) is 13.6 Å². The molecule has 6 nitrogen and oxygen atoms in total. The lowest BCUT2D eigenvalue weighted by Gasteiger charge is -2.45. The molecule has 0 aromatic heterocycles. The average molecular weight is 421 g/mol. The predicted molar refractivity (Wildman–Crippen MR) is 109 cm³/mol. The smallest absolute Gasteiger partial charge is 0.410 e. The zero-order chi connectivity index (χ0) is 22.3. The third-order valence-corrected chi connectivity index (χ3v) is 5.47. The Bertz CT molecular complexity index is 843. The summed E-state index contributed by atoms with van der Waals surface area (Å²) >= 11 is 0. The molecule has 0 saturated carbocycles. The first-order valence-corrected chi connectivity index (χ1v) is 10.2. The highest BCUT2D eigenvalue weighted by molar-refractivity contribution is 5.82. The third kappa shape index (κ3) is 4.79. The number of ether oxygens (including phenoxy) is 1. The Morgan fingerprint density at radius 1 is 1.17 bits per heavy atom. The summed E-state index contributed by atoms with van der Waals surface area (Å²) in [5, 5.41) is 5.52. The number of nitrogens with zero attached hydrogens (tertiary/aromatic N) is 3. The standard InChI is InChI=1S/C22H29F2N3O3/c1-21(2,3)30-20(29)26-9-7-14(13-22(26,4)5)19(28)27-18(6-8-25-27)15-10-16(23)12-17(24)11-15/h8,10-12,14,18H,6-7,9,13H2,1-5H3/t14-,18-/m0/s1. The largest absolute Gasteiger partial charge is 0.444 e. The lowest BCUT2D eigenvalue weighted by Crippen LogP contribution is -2.55. The van der Waals surface area contributed by atoms with Crippen molar-refractivity contribution in [1.29, 1.82) is 0 Å². The highest BCUT2D eigenvalue weighted by Gasteiger charge is 2.44. The van der Waals surface area contributed by atoms with Crippen LogP contribution in [0.2, 0.25) is 0 Å². The second-order valence-electron chi connectivity index (χ2n) is 9.57. The van der Waals surface area contributed by atoms with Crippen LogP contribution in [0.1, 0.15) is 65.5 Å². The van der Waals surface area contributed by atoms with E-state index in [-0.39, 0.29) is 11.8 Å². The van der Waals surface area contributed by atoms with E-state index in [4.69, 9.17) is 4.74 Å². The molecule has 2 atom stereocenters. The fourth-order valence-corrected chi connectivity index (χ4v) is 4.13. The van der Waals surface area contributed by atoms with Gasteiger partial charge in [-0.3, -0.25) is 4.79 Å². The third-order valence-electron chi connectivity index (χ3n) is 5.47. The van der Waals surface area contributed by atoms with Gasteiger partial charge in [-0.2, -0.15) is 5.10 Å². The summed E-state index contributed by atoms with van der Waals surface area (Å²) in [5.41, 5.74) is -0.800. The van der Waals surface area contributed by atoms with E-state index in [1.165, 1.54) is 17.1 Å². The maximum absolute atomic E-state index is 13.7. The van der Waals surface area contributed by atoms with Crippen LogP contribution in [-0.4, -0.2) is 45.8 Å². The molecular weight excluding hydrogens is 392 g/mol. The number of halogens is 2. The summed E-state index contributed by atoms with van der Waals surface area (Å²) in [6.07, 6.45) is 2.51. The van der Waals surface area contributed by atoms with Gasteiger partial charge in [-0.1, -0.05) is 0 Å². The minimum Gasteiger partial charge on any atom is -0.444 e. The second-order valence-corrected chi connectivity index (χ2v) is 9.57. The Labute approximate surface area is 175 Å². The molecule has 1 aromatic rings. The van der Waals surface area contributed by atoms with E-state index in [0.717, 1.165) is 6.07 Å². The molecule has 2 heterocycles. The van der Waals surface area contributed by atoms with Crippen molar-refractivity contribution in [1.82, 2.24) is 9.91 Å². The number of likely N-dealkylation sites (tertiary alicyclic amines) is 1.